The van der Waals surface area contributed by atoms with E-state index in [0.717, 1.165) is 29.2 Å². The molecule has 17 heteroatoms. The van der Waals surface area contributed by atoms with E-state index in [0.29, 0.717) is 12.1 Å². The number of halogens is 10. The molecule has 3 aromatic rings. The van der Waals surface area contributed by atoms with Gasteiger partial charge in [-0.3, -0.25) is 9.59 Å². The van der Waals surface area contributed by atoms with Crippen molar-refractivity contribution in [1.82, 2.24) is 0 Å². The van der Waals surface area contributed by atoms with Crippen molar-refractivity contribution >= 4 is 70.0 Å². The molecule has 0 aliphatic heterocycles. The first-order chi connectivity index (χ1) is 22.0. The first-order valence-electron chi connectivity index (χ1n) is 13.3. The van der Waals surface area contributed by atoms with Gasteiger partial charge in [-0.05, 0) is 48.0 Å². The van der Waals surface area contributed by atoms with E-state index in [2.05, 4.69) is 10.6 Å². The van der Waals surface area contributed by atoms with Gasteiger partial charge in [-0.1, -0.05) is 17.7 Å². The number of rotatable bonds is 11. The van der Waals surface area contributed by atoms with Gasteiger partial charge in [-0.2, -0.15) is 18.4 Å². The zero-order valence-electron chi connectivity index (χ0n) is 23.4. The van der Waals surface area contributed by atoms with Crippen molar-refractivity contribution in [3.05, 3.63) is 87.7 Å². The SMILES string of the molecule is N#CC(C=O)CN(CCF)c1c(F)ccc(NC(=O)c2cc(NC(=O)[C@H]3[C@H](c4ccc(F)c(C(F)(F)F)c4)C3(Cl)Cl)ccc2Cl)c1F. The second kappa shape index (κ2) is 14.0. The molecule has 0 heterocycles. The highest BCUT2D eigenvalue weighted by molar-refractivity contribution is 6.53. The Kier molecular flexibility index (Phi) is 10.6. The summed E-state index contributed by atoms with van der Waals surface area (Å²) in [6.07, 6.45) is -4.78. The van der Waals surface area contributed by atoms with Gasteiger partial charge in [-0.25, -0.2) is 17.6 Å². The number of hydrogen-bond donors (Lipinski definition) is 2. The van der Waals surface area contributed by atoms with Crippen LogP contribution >= 0.6 is 34.8 Å². The lowest BCUT2D eigenvalue weighted by Crippen LogP contribution is -2.33. The third-order valence-corrected chi connectivity index (χ3v) is 8.47. The van der Waals surface area contributed by atoms with Gasteiger partial charge in [0.1, 0.15) is 40.5 Å². The van der Waals surface area contributed by atoms with Crippen molar-refractivity contribution in [3.8, 4) is 6.07 Å². The number of amides is 2. The van der Waals surface area contributed by atoms with Crippen LogP contribution in [0.1, 0.15) is 27.4 Å². The van der Waals surface area contributed by atoms with Crippen LogP contribution in [0.5, 0.6) is 0 Å². The van der Waals surface area contributed by atoms with Crippen LogP contribution in [-0.2, 0) is 15.8 Å². The predicted octanol–water partition coefficient (Wildman–Crippen LogP) is 7.67. The van der Waals surface area contributed by atoms with E-state index < -0.39 is 94.2 Å². The molecule has 1 fully saturated rings. The second-order valence-corrected chi connectivity index (χ2v) is 12.1. The van der Waals surface area contributed by atoms with E-state index in [9.17, 15) is 40.7 Å². The lowest BCUT2D eigenvalue weighted by Gasteiger charge is -2.26. The van der Waals surface area contributed by atoms with Crippen LogP contribution in [0, 0.1) is 40.6 Å². The normalized spacial score (nSPS) is 17.3. The summed E-state index contributed by atoms with van der Waals surface area (Å²) >= 11 is 18.6. The Bertz CT molecular complexity index is 1770. The van der Waals surface area contributed by atoms with Gasteiger partial charge in [0, 0.05) is 24.7 Å². The Morgan fingerprint density at radius 2 is 1.72 bits per heavy atom. The molecule has 1 aliphatic carbocycles. The number of hydrogen-bond acceptors (Lipinski definition) is 5. The van der Waals surface area contributed by atoms with Gasteiger partial charge in [0.25, 0.3) is 5.91 Å². The average Bonchev–Trinajstić information content (AvgIpc) is 3.59. The second-order valence-electron chi connectivity index (χ2n) is 10.3. The fourth-order valence-corrected chi connectivity index (χ4v) is 5.91. The minimum absolute atomic E-state index is 0.0554. The van der Waals surface area contributed by atoms with Crippen LogP contribution in [0.4, 0.5) is 47.8 Å². The fourth-order valence-electron chi connectivity index (χ4n) is 4.88. The van der Waals surface area contributed by atoms with Crippen LogP contribution in [0.25, 0.3) is 0 Å². The highest BCUT2D eigenvalue weighted by atomic mass is 35.5. The Morgan fingerprint density at radius 1 is 1.04 bits per heavy atom. The molecule has 2 N–H and O–H groups in total. The topological polar surface area (TPSA) is 102 Å². The van der Waals surface area contributed by atoms with Crippen LogP contribution in [0.15, 0.2) is 48.5 Å². The summed E-state index contributed by atoms with van der Waals surface area (Å²) in [6, 6.07) is 8.91. The zero-order chi connectivity index (χ0) is 34.8. The molecule has 1 aliphatic rings. The van der Waals surface area contributed by atoms with Crippen molar-refractivity contribution < 1.29 is 45.1 Å². The summed E-state index contributed by atoms with van der Waals surface area (Å²) in [5.74, 6) is -9.70. The lowest BCUT2D eigenvalue weighted by atomic mass is 10.0. The van der Waals surface area contributed by atoms with Gasteiger partial charge >= 0.3 is 6.18 Å². The Balaban J connectivity index is 1.55. The number of anilines is 3. The van der Waals surface area contributed by atoms with Gasteiger partial charge in [0.15, 0.2) is 5.82 Å². The molecule has 2 amide bonds. The molecule has 47 heavy (non-hydrogen) atoms. The number of nitrogens with one attached hydrogen (secondary N) is 2. The van der Waals surface area contributed by atoms with Crippen molar-refractivity contribution in [2.45, 2.75) is 16.4 Å². The van der Waals surface area contributed by atoms with E-state index in [4.69, 9.17) is 40.1 Å². The molecule has 1 unspecified atom stereocenters. The summed E-state index contributed by atoms with van der Waals surface area (Å²) in [6.45, 7) is -2.21. The molecular weight excluding hydrogens is 704 g/mol. The maximum atomic E-state index is 15.5. The predicted molar refractivity (Wildman–Crippen MR) is 160 cm³/mol. The number of carbonyl (C=O) groups excluding carboxylic acids is 3. The zero-order valence-corrected chi connectivity index (χ0v) is 25.7. The molecule has 0 spiro atoms. The molecule has 248 valence electrons. The monoisotopic (exact) mass is 722 g/mol. The Hall–Kier alpha value is -4.06. The van der Waals surface area contributed by atoms with Crippen LogP contribution in [0.3, 0.4) is 0 Å². The van der Waals surface area contributed by atoms with E-state index in [1.54, 1.807) is 6.07 Å². The van der Waals surface area contributed by atoms with Crippen molar-refractivity contribution in [1.29, 1.82) is 5.26 Å². The lowest BCUT2D eigenvalue weighted by molar-refractivity contribution is -0.140. The van der Waals surface area contributed by atoms with Crippen molar-refractivity contribution in [2.75, 3.05) is 35.3 Å². The summed E-state index contributed by atoms with van der Waals surface area (Å²) in [7, 11) is 0. The fraction of sp³-hybridized carbons (Fsp3) is 0.267. The molecule has 7 nitrogen and oxygen atoms in total. The van der Waals surface area contributed by atoms with Gasteiger partial charge < -0.3 is 20.3 Å². The molecule has 0 aromatic heterocycles. The van der Waals surface area contributed by atoms with Crippen molar-refractivity contribution in [2.24, 2.45) is 11.8 Å². The maximum Gasteiger partial charge on any atom is 0.419 e. The van der Waals surface area contributed by atoms with Gasteiger partial charge in [0.05, 0.1) is 33.8 Å². The third-order valence-electron chi connectivity index (χ3n) is 7.20. The highest BCUT2D eigenvalue weighted by Gasteiger charge is 2.67. The highest BCUT2D eigenvalue weighted by Crippen LogP contribution is 2.65. The first-order valence-corrected chi connectivity index (χ1v) is 14.5. The van der Waals surface area contributed by atoms with Crippen LogP contribution < -0.4 is 15.5 Å². The molecule has 4 rings (SSSR count). The maximum absolute atomic E-state index is 15.5. The van der Waals surface area contributed by atoms with E-state index >= 15 is 4.39 Å². The Morgan fingerprint density at radius 3 is 2.34 bits per heavy atom. The largest absolute Gasteiger partial charge is 0.419 e. The number of nitriles is 1. The molecule has 3 atom stereocenters. The van der Waals surface area contributed by atoms with Crippen LogP contribution in [-0.4, -0.2) is 42.2 Å². The Labute approximate surface area is 277 Å². The minimum Gasteiger partial charge on any atom is -0.362 e. The minimum atomic E-state index is -5.02. The number of carbonyl (C=O) groups is 3. The standard InChI is InChI=1S/C30H20Cl3F7N4O3/c31-19-3-2-16(42-28(47)24-23(29(24,32)33)15-1-4-20(35)18(9-15)30(38,39)40)10-17(19)27(46)43-22-6-5-21(36)26(25(22)37)44(8-7-34)12-14(11-41)13-45/h1-6,9-10,13-14,23-24H,7-8,12H2,(H,42,47)(H,43,46)/t14?,23-,24+/m0/s1. The quantitative estimate of drug-likeness (QED) is 0.120. The molecule has 1 saturated carbocycles. The molecule has 3 aromatic carbocycles. The molecule has 0 saturated heterocycles. The van der Waals surface area contributed by atoms with Crippen molar-refractivity contribution in [3.63, 3.8) is 0 Å². The number of benzene rings is 3. The van der Waals surface area contributed by atoms with Crippen LogP contribution in [0.2, 0.25) is 5.02 Å². The number of alkyl halides is 6. The summed E-state index contributed by atoms with van der Waals surface area (Å²) in [4.78, 5) is 38.1. The summed E-state index contributed by atoms with van der Waals surface area (Å²) in [5, 5.41) is 13.5. The summed E-state index contributed by atoms with van der Waals surface area (Å²) < 4.78 is 94.9. The number of nitrogens with zero attached hydrogens (tertiary/aromatic N) is 2. The first kappa shape index (κ1) is 35.8. The number of aldehydes is 1. The smallest absolute Gasteiger partial charge is 0.362 e. The molecule has 0 bridgehead atoms. The molecule has 0 radical (unpaired) electrons. The average molecular weight is 724 g/mol. The van der Waals surface area contributed by atoms with E-state index in [1.807, 2.05) is 0 Å². The van der Waals surface area contributed by atoms with Gasteiger partial charge in [-0.15, -0.1) is 23.2 Å². The summed E-state index contributed by atoms with van der Waals surface area (Å²) in [5.41, 5.74) is -3.45. The van der Waals surface area contributed by atoms with Gasteiger partial charge in [0.2, 0.25) is 5.91 Å². The van der Waals surface area contributed by atoms with E-state index in [1.165, 1.54) is 12.1 Å². The van der Waals surface area contributed by atoms with E-state index in [-0.39, 0.29) is 28.1 Å². The molecular formula is C30H20Cl3F7N4O3. The third kappa shape index (κ3) is 7.58.